The zero-order valence-electron chi connectivity index (χ0n) is 15.3. The first kappa shape index (κ1) is 17.3. The molecule has 0 aliphatic carbocycles. The van der Waals surface area contributed by atoms with Crippen molar-refractivity contribution in [2.75, 3.05) is 26.2 Å². The fraction of sp³-hybridized carbons (Fsp3) is 0.350. The molecule has 1 saturated heterocycles. The van der Waals surface area contributed by atoms with Gasteiger partial charge in [-0.15, -0.1) is 0 Å². The van der Waals surface area contributed by atoms with Gasteiger partial charge in [-0.2, -0.15) is 0 Å². The molecule has 7 heteroatoms. The average molecular weight is 366 g/mol. The minimum Gasteiger partial charge on any atom is -0.459 e. The summed E-state index contributed by atoms with van der Waals surface area (Å²) >= 11 is 0. The molecule has 1 aliphatic heterocycles. The van der Waals surface area contributed by atoms with Crippen LogP contribution in [0.4, 0.5) is 0 Å². The largest absolute Gasteiger partial charge is 0.459 e. The maximum absolute atomic E-state index is 12.8. The van der Waals surface area contributed by atoms with E-state index < -0.39 is 0 Å². The lowest BCUT2D eigenvalue weighted by atomic mass is 10.2. The van der Waals surface area contributed by atoms with Crippen LogP contribution in [0.3, 0.4) is 0 Å². The smallest absolute Gasteiger partial charge is 0.289 e. The van der Waals surface area contributed by atoms with Crippen molar-refractivity contribution in [3.63, 3.8) is 0 Å². The molecule has 0 bridgehead atoms. The minimum atomic E-state index is -0.124. The first-order valence-electron chi connectivity index (χ1n) is 9.22. The summed E-state index contributed by atoms with van der Waals surface area (Å²) in [6, 6.07) is 11.2. The molecule has 2 aromatic heterocycles. The third-order valence-corrected chi connectivity index (χ3v) is 4.99. The van der Waals surface area contributed by atoms with Gasteiger partial charge in [-0.1, -0.05) is 19.1 Å². The molecule has 7 nitrogen and oxygen atoms in total. The SMILES string of the molecule is CCc1nc2ccccc2n1CC(=O)N1CCN(C(=O)c2ccco2)CC1. The van der Waals surface area contributed by atoms with E-state index in [4.69, 9.17) is 4.42 Å². The van der Waals surface area contributed by atoms with Crippen molar-refractivity contribution in [2.45, 2.75) is 19.9 Å². The molecule has 0 radical (unpaired) electrons. The Hall–Kier alpha value is -3.09. The Morgan fingerprint density at radius 3 is 2.48 bits per heavy atom. The molecule has 0 unspecified atom stereocenters. The van der Waals surface area contributed by atoms with E-state index in [0.29, 0.717) is 31.9 Å². The summed E-state index contributed by atoms with van der Waals surface area (Å²) in [6.07, 6.45) is 2.27. The normalized spacial score (nSPS) is 14.7. The number of aromatic nitrogens is 2. The van der Waals surface area contributed by atoms with Crippen LogP contribution in [0.15, 0.2) is 47.1 Å². The van der Waals surface area contributed by atoms with E-state index in [0.717, 1.165) is 23.3 Å². The lowest BCUT2D eigenvalue weighted by Gasteiger charge is -2.34. The van der Waals surface area contributed by atoms with Gasteiger partial charge in [0.1, 0.15) is 12.4 Å². The van der Waals surface area contributed by atoms with Crippen LogP contribution in [0.2, 0.25) is 0 Å². The number of benzene rings is 1. The molecular formula is C20H22N4O3. The first-order chi connectivity index (χ1) is 13.2. The highest BCUT2D eigenvalue weighted by Crippen LogP contribution is 2.17. The van der Waals surface area contributed by atoms with E-state index in [1.807, 2.05) is 40.7 Å². The van der Waals surface area contributed by atoms with E-state index in [1.54, 1.807) is 17.0 Å². The number of rotatable bonds is 4. The van der Waals surface area contributed by atoms with Gasteiger partial charge in [-0.25, -0.2) is 4.98 Å². The zero-order valence-corrected chi connectivity index (χ0v) is 15.3. The van der Waals surface area contributed by atoms with E-state index in [1.165, 1.54) is 6.26 Å². The van der Waals surface area contributed by atoms with Gasteiger partial charge in [0.25, 0.3) is 5.91 Å². The number of hydrogen-bond acceptors (Lipinski definition) is 4. The van der Waals surface area contributed by atoms with Gasteiger partial charge < -0.3 is 18.8 Å². The summed E-state index contributed by atoms with van der Waals surface area (Å²) < 4.78 is 7.18. The number of imidazole rings is 1. The van der Waals surface area contributed by atoms with Crippen molar-refractivity contribution in [3.8, 4) is 0 Å². The Morgan fingerprint density at radius 2 is 1.78 bits per heavy atom. The number of piperazine rings is 1. The molecule has 4 rings (SSSR count). The van der Waals surface area contributed by atoms with Crippen LogP contribution in [-0.4, -0.2) is 57.3 Å². The highest BCUT2D eigenvalue weighted by molar-refractivity contribution is 5.91. The summed E-state index contributed by atoms with van der Waals surface area (Å²) in [6.45, 7) is 4.39. The van der Waals surface area contributed by atoms with E-state index in [9.17, 15) is 9.59 Å². The van der Waals surface area contributed by atoms with Crippen LogP contribution in [-0.2, 0) is 17.8 Å². The van der Waals surface area contributed by atoms with Crippen molar-refractivity contribution in [1.82, 2.24) is 19.4 Å². The van der Waals surface area contributed by atoms with E-state index >= 15 is 0 Å². The molecule has 0 atom stereocenters. The molecule has 27 heavy (non-hydrogen) atoms. The van der Waals surface area contributed by atoms with Crippen molar-refractivity contribution >= 4 is 22.8 Å². The monoisotopic (exact) mass is 366 g/mol. The van der Waals surface area contributed by atoms with Gasteiger partial charge in [0.15, 0.2) is 5.76 Å². The maximum atomic E-state index is 12.8. The molecule has 140 valence electrons. The van der Waals surface area contributed by atoms with Crippen molar-refractivity contribution in [1.29, 1.82) is 0 Å². The van der Waals surface area contributed by atoms with E-state index in [2.05, 4.69) is 4.98 Å². The predicted molar refractivity (Wildman–Crippen MR) is 100 cm³/mol. The van der Waals surface area contributed by atoms with Crippen LogP contribution in [0.1, 0.15) is 23.3 Å². The number of fused-ring (bicyclic) bond motifs is 1. The second kappa shape index (κ2) is 7.26. The molecule has 1 aliphatic rings. The van der Waals surface area contributed by atoms with E-state index in [-0.39, 0.29) is 18.4 Å². The van der Waals surface area contributed by atoms with Gasteiger partial charge >= 0.3 is 0 Å². The van der Waals surface area contributed by atoms with Crippen molar-refractivity contribution < 1.29 is 14.0 Å². The Balaban J connectivity index is 1.42. The third kappa shape index (κ3) is 3.32. The van der Waals surface area contributed by atoms with Crippen molar-refractivity contribution in [2.24, 2.45) is 0 Å². The number of aryl methyl sites for hydroxylation is 1. The summed E-state index contributed by atoms with van der Waals surface area (Å²) in [5, 5.41) is 0. The van der Waals surface area contributed by atoms with Crippen molar-refractivity contribution in [3.05, 3.63) is 54.2 Å². The Bertz CT molecular complexity index is 953. The second-order valence-electron chi connectivity index (χ2n) is 6.61. The quantitative estimate of drug-likeness (QED) is 0.710. The number of para-hydroxylation sites is 2. The standard InChI is InChI=1S/C20H22N4O3/c1-2-18-21-15-6-3-4-7-16(15)24(18)14-19(25)22-9-11-23(12-10-22)20(26)17-8-5-13-27-17/h3-8,13H,2,9-12,14H2,1H3. The van der Waals surface area contributed by atoms with Crippen LogP contribution in [0.25, 0.3) is 11.0 Å². The Morgan fingerprint density at radius 1 is 1.04 bits per heavy atom. The summed E-state index contributed by atoms with van der Waals surface area (Å²) in [7, 11) is 0. The first-order valence-corrected chi connectivity index (χ1v) is 9.22. The van der Waals surface area contributed by atoms with Crippen LogP contribution in [0.5, 0.6) is 0 Å². The fourth-order valence-electron chi connectivity index (χ4n) is 3.52. The highest BCUT2D eigenvalue weighted by atomic mass is 16.3. The second-order valence-corrected chi connectivity index (χ2v) is 6.61. The van der Waals surface area contributed by atoms with Crippen LogP contribution in [0, 0.1) is 0 Å². The number of carbonyl (C=O) groups excluding carboxylic acids is 2. The average Bonchev–Trinajstić information content (AvgIpc) is 3.36. The molecule has 3 aromatic rings. The number of carbonyl (C=O) groups is 2. The molecule has 1 fully saturated rings. The summed E-state index contributed by atoms with van der Waals surface area (Å²) in [5.41, 5.74) is 1.89. The van der Waals surface area contributed by atoms with Gasteiger partial charge in [0.2, 0.25) is 5.91 Å². The molecular weight excluding hydrogens is 344 g/mol. The molecule has 0 N–H and O–H groups in total. The molecule has 2 amide bonds. The molecule has 3 heterocycles. The third-order valence-electron chi connectivity index (χ3n) is 4.99. The minimum absolute atomic E-state index is 0.0537. The Labute approximate surface area is 157 Å². The number of furan rings is 1. The highest BCUT2D eigenvalue weighted by Gasteiger charge is 2.26. The van der Waals surface area contributed by atoms with Crippen LogP contribution < -0.4 is 0 Å². The van der Waals surface area contributed by atoms with Gasteiger partial charge in [0, 0.05) is 32.6 Å². The number of amides is 2. The molecule has 0 spiro atoms. The van der Waals surface area contributed by atoms with Crippen LogP contribution >= 0.6 is 0 Å². The lowest BCUT2D eigenvalue weighted by molar-refractivity contribution is -0.133. The zero-order chi connectivity index (χ0) is 18.8. The molecule has 1 aromatic carbocycles. The van der Waals surface area contributed by atoms with Gasteiger partial charge in [-0.3, -0.25) is 9.59 Å². The van der Waals surface area contributed by atoms with Gasteiger partial charge in [-0.05, 0) is 24.3 Å². The van der Waals surface area contributed by atoms with Gasteiger partial charge in [0.05, 0.1) is 17.3 Å². The topological polar surface area (TPSA) is 71.6 Å². The Kier molecular flexibility index (Phi) is 4.66. The number of hydrogen-bond donors (Lipinski definition) is 0. The predicted octanol–water partition coefficient (Wildman–Crippen LogP) is 2.18. The lowest BCUT2D eigenvalue weighted by Crippen LogP contribution is -2.51. The summed E-state index contributed by atoms with van der Waals surface area (Å²) in [4.78, 5) is 33.3. The summed E-state index contributed by atoms with van der Waals surface area (Å²) in [5.74, 6) is 1.18. The molecule has 0 saturated carbocycles. The maximum Gasteiger partial charge on any atom is 0.289 e. The number of nitrogens with zero attached hydrogens (tertiary/aromatic N) is 4. The fourth-order valence-corrected chi connectivity index (χ4v) is 3.52.